The summed E-state index contributed by atoms with van der Waals surface area (Å²) in [4.78, 5) is 16.5. The fourth-order valence-electron chi connectivity index (χ4n) is 2.53. The van der Waals surface area contributed by atoms with Crippen molar-refractivity contribution in [2.75, 3.05) is 0 Å². The first-order valence-electron chi connectivity index (χ1n) is 9.47. The summed E-state index contributed by atoms with van der Waals surface area (Å²) in [6.45, 7) is 5.49. The number of sulfonamides is 1. The second kappa shape index (κ2) is 9.19. The summed E-state index contributed by atoms with van der Waals surface area (Å²) >= 11 is 0. The molecule has 0 spiro atoms. The third-order valence-corrected chi connectivity index (χ3v) is 6.07. The highest BCUT2D eigenvalue weighted by atomic mass is 32.2. The molecule has 0 aliphatic carbocycles. The molecular formula is C21H23N3O5S. The zero-order valence-electron chi connectivity index (χ0n) is 17.0. The Balaban J connectivity index is 1.61. The van der Waals surface area contributed by atoms with Gasteiger partial charge in [0.05, 0.1) is 10.5 Å². The minimum Gasteiger partial charge on any atom is -0.454 e. The minimum absolute atomic E-state index is 0.0836. The van der Waals surface area contributed by atoms with E-state index in [1.165, 1.54) is 24.3 Å². The minimum atomic E-state index is -3.63. The van der Waals surface area contributed by atoms with Crippen molar-refractivity contribution in [1.82, 2.24) is 14.9 Å². The third-order valence-electron chi connectivity index (χ3n) is 4.47. The van der Waals surface area contributed by atoms with Gasteiger partial charge in [-0.25, -0.2) is 17.9 Å². The first-order chi connectivity index (χ1) is 14.3. The quantitative estimate of drug-likeness (QED) is 0.546. The van der Waals surface area contributed by atoms with E-state index in [2.05, 4.69) is 14.9 Å². The Kier molecular flexibility index (Phi) is 6.63. The average molecular weight is 429 g/mol. The Bertz CT molecular complexity index is 1110. The summed E-state index contributed by atoms with van der Waals surface area (Å²) in [5.41, 5.74) is 2.11. The van der Waals surface area contributed by atoms with Crippen LogP contribution in [-0.2, 0) is 21.4 Å². The Labute approximate surface area is 175 Å². The third kappa shape index (κ3) is 5.31. The molecule has 158 valence electrons. The van der Waals surface area contributed by atoms with E-state index in [0.717, 1.165) is 11.1 Å². The molecule has 0 aliphatic heterocycles. The number of benzene rings is 2. The van der Waals surface area contributed by atoms with Crippen LogP contribution in [0.25, 0.3) is 11.5 Å². The van der Waals surface area contributed by atoms with Crippen LogP contribution in [0.15, 0.2) is 57.9 Å². The molecule has 30 heavy (non-hydrogen) atoms. The molecule has 1 heterocycles. The van der Waals surface area contributed by atoms with Crippen molar-refractivity contribution in [1.29, 1.82) is 0 Å². The Morgan fingerprint density at radius 1 is 1.13 bits per heavy atom. The van der Waals surface area contributed by atoms with Crippen molar-refractivity contribution < 1.29 is 22.5 Å². The molecule has 3 rings (SSSR count). The fraction of sp³-hybridized carbons (Fsp3) is 0.286. The van der Waals surface area contributed by atoms with Crippen LogP contribution in [0.2, 0.25) is 0 Å². The molecule has 1 aromatic heterocycles. The van der Waals surface area contributed by atoms with E-state index >= 15 is 0 Å². The molecule has 1 unspecified atom stereocenters. The maximum atomic E-state index is 12.3. The van der Waals surface area contributed by atoms with E-state index < -0.39 is 16.0 Å². The van der Waals surface area contributed by atoms with Gasteiger partial charge in [-0.1, -0.05) is 29.8 Å². The summed E-state index contributed by atoms with van der Waals surface area (Å²) < 4.78 is 37.5. The normalized spacial score (nSPS) is 12.5. The molecule has 0 saturated heterocycles. The van der Waals surface area contributed by atoms with Crippen molar-refractivity contribution >= 4 is 16.0 Å². The smallest absolute Gasteiger partial charge is 0.338 e. The summed E-state index contributed by atoms with van der Waals surface area (Å²) in [7, 11) is -3.63. The van der Waals surface area contributed by atoms with E-state index in [0.29, 0.717) is 12.3 Å². The first kappa shape index (κ1) is 21.7. The lowest BCUT2D eigenvalue weighted by atomic mass is 10.1. The number of carbonyl (C=O) groups excluding carboxylic acids is 1. The monoisotopic (exact) mass is 429 g/mol. The highest BCUT2D eigenvalue weighted by Gasteiger charge is 2.18. The largest absolute Gasteiger partial charge is 0.454 e. The molecule has 0 aliphatic rings. The van der Waals surface area contributed by atoms with Gasteiger partial charge in [-0.15, -0.1) is 0 Å². The predicted octanol–water partition coefficient (Wildman–Crippen LogP) is 3.48. The highest BCUT2D eigenvalue weighted by Crippen LogP contribution is 2.18. The summed E-state index contributed by atoms with van der Waals surface area (Å²) in [5.74, 6) is -0.0455. The number of nitrogens with one attached hydrogen (secondary N) is 1. The molecule has 0 saturated carbocycles. The van der Waals surface area contributed by atoms with Crippen molar-refractivity contribution in [3.63, 3.8) is 0 Å². The molecule has 1 atom stereocenters. The second-order valence-electron chi connectivity index (χ2n) is 6.91. The zero-order chi connectivity index (χ0) is 21.7. The number of carbonyl (C=O) groups is 1. The van der Waals surface area contributed by atoms with Gasteiger partial charge in [-0.2, -0.15) is 4.98 Å². The van der Waals surface area contributed by atoms with Crippen LogP contribution < -0.4 is 4.72 Å². The Morgan fingerprint density at radius 3 is 2.43 bits per heavy atom. The molecule has 1 N–H and O–H groups in total. The molecule has 0 radical (unpaired) electrons. The van der Waals surface area contributed by atoms with Gasteiger partial charge < -0.3 is 9.26 Å². The number of esters is 1. The summed E-state index contributed by atoms with van der Waals surface area (Å²) in [6, 6.07) is 13.0. The lowest BCUT2D eigenvalue weighted by Gasteiger charge is -2.12. The van der Waals surface area contributed by atoms with Crippen LogP contribution >= 0.6 is 0 Å². The van der Waals surface area contributed by atoms with E-state index in [4.69, 9.17) is 9.26 Å². The SMILES string of the molecule is CCC(C)NS(=O)(=O)c1ccc(C(=O)OCc2noc(-c3ccc(C)cc3)n2)cc1. The second-order valence-corrected chi connectivity index (χ2v) is 8.63. The first-order valence-corrected chi connectivity index (χ1v) is 11.0. The number of aromatic nitrogens is 2. The summed E-state index contributed by atoms with van der Waals surface area (Å²) in [6.07, 6.45) is 0.672. The lowest BCUT2D eigenvalue weighted by Crippen LogP contribution is -2.32. The molecule has 0 fully saturated rings. The number of aryl methyl sites for hydroxylation is 1. The van der Waals surface area contributed by atoms with Crippen LogP contribution in [0, 0.1) is 6.92 Å². The van der Waals surface area contributed by atoms with Crippen LogP contribution in [-0.4, -0.2) is 30.6 Å². The van der Waals surface area contributed by atoms with Gasteiger partial charge in [0.1, 0.15) is 0 Å². The summed E-state index contributed by atoms with van der Waals surface area (Å²) in [5, 5.41) is 3.81. The van der Waals surface area contributed by atoms with Gasteiger partial charge in [0.15, 0.2) is 6.61 Å². The van der Waals surface area contributed by atoms with Gasteiger partial charge in [0.25, 0.3) is 5.89 Å². The van der Waals surface area contributed by atoms with E-state index in [1.54, 1.807) is 6.92 Å². The lowest BCUT2D eigenvalue weighted by molar-refractivity contribution is 0.0459. The van der Waals surface area contributed by atoms with Gasteiger partial charge >= 0.3 is 5.97 Å². The number of nitrogens with zero attached hydrogens (tertiary/aromatic N) is 2. The van der Waals surface area contributed by atoms with Crippen molar-refractivity contribution in [3.8, 4) is 11.5 Å². The maximum absolute atomic E-state index is 12.3. The van der Waals surface area contributed by atoms with E-state index in [9.17, 15) is 13.2 Å². The van der Waals surface area contributed by atoms with Gasteiger partial charge in [0, 0.05) is 11.6 Å². The standard InChI is InChI=1S/C21H23N3O5S/c1-4-15(3)24-30(26,27)18-11-9-17(10-12-18)21(25)28-13-19-22-20(29-23-19)16-7-5-14(2)6-8-16/h5-12,15,24H,4,13H2,1-3H3. The molecule has 2 aromatic carbocycles. The van der Waals surface area contributed by atoms with Crippen molar-refractivity contribution in [3.05, 3.63) is 65.5 Å². The highest BCUT2D eigenvalue weighted by molar-refractivity contribution is 7.89. The van der Waals surface area contributed by atoms with Crippen LogP contribution in [0.3, 0.4) is 0 Å². The Hall–Kier alpha value is -3.04. The predicted molar refractivity (Wildman–Crippen MR) is 110 cm³/mol. The molecule has 3 aromatic rings. The fourth-order valence-corrected chi connectivity index (χ4v) is 3.85. The van der Waals surface area contributed by atoms with Crippen molar-refractivity contribution in [2.24, 2.45) is 0 Å². The molecule has 0 amide bonds. The number of hydrogen-bond donors (Lipinski definition) is 1. The number of hydrogen-bond acceptors (Lipinski definition) is 7. The molecule has 9 heteroatoms. The van der Waals surface area contributed by atoms with Crippen LogP contribution in [0.5, 0.6) is 0 Å². The van der Waals surface area contributed by atoms with Gasteiger partial charge in [-0.05, 0) is 56.7 Å². The number of rotatable bonds is 8. The molecule has 8 nitrogen and oxygen atoms in total. The molecular weight excluding hydrogens is 406 g/mol. The van der Waals surface area contributed by atoms with Crippen molar-refractivity contribution in [2.45, 2.75) is 44.7 Å². The topological polar surface area (TPSA) is 111 Å². The van der Waals surface area contributed by atoms with E-state index in [-0.39, 0.29) is 28.9 Å². The van der Waals surface area contributed by atoms with Gasteiger partial charge in [-0.3, -0.25) is 0 Å². The molecule has 0 bridgehead atoms. The zero-order valence-corrected chi connectivity index (χ0v) is 17.8. The Morgan fingerprint density at radius 2 is 1.80 bits per heavy atom. The van der Waals surface area contributed by atoms with Crippen LogP contribution in [0.4, 0.5) is 0 Å². The van der Waals surface area contributed by atoms with Crippen LogP contribution in [0.1, 0.15) is 42.0 Å². The maximum Gasteiger partial charge on any atom is 0.338 e. The average Bonchev–Trinajstić information content (AvgIpc) is 3.21. The number of ether oxygens (including phenoxy) is 1. The van der Waals surface area contributed by atoms with Gasteiger partial charge in [0.2, 0.25) is 15.8 Å². The van der Waals surface area contributed by atoms with E-state index in [1.807, 2.05) is 38.1 Å².